The van der Waals surface area contributed by atoms with Crippen molar-refractivity contribution in [3.63, 3.8) is 0 Å². The van der Waals surface area contributed by atoms with Crippen LogP contribution in [0.5, 0.6) is 0 Å². The van der Waals surface area contributed by atoms with Crippen LogP contribution in [0.3, 0.4) is 0 Å². The number of carbonyl (C=O) groups excluding carboxylic acids is 1. The quantitative estimate of drug-likeness (QED) is 0.664. The van der Waals surface area contributed by atoms with Gasteiger partial charge in [-0.1, -0.05) is 27.2 Å². The number of fused-ring (bicyclic) bond motifs is 2. The van der Waals surface area contributed by atoms with Crippen LogP contribution >= 0.6 is 0 Å². The van der Waals surface area contributed by atoms with Gasteiger partial charge >= 0.3 is 0 Å². The van der Waals surface area contributed by atoms with E-state index in [0.29, 0.717) is 28.4 Å². The molecule has 0 radical (unpaired) electrons. The maximum atomic E-state index is 12.2. The Balaban J connectivity index is 1.88. The Morgan fingerprint density at radius 3 is 2.41 bits per heavy atom. The second-order valence-corrected chi connectivity index (χ2v) is 7.54. The number of hydrogen-bond acceptors (Lipinski definition) is 1. The van der Waals surface area contributed by atoms with E-state index >= 15 is 0 Å². The molecule has 0 N–H and O–H groups in total. The molecule has 3 fully saturated rings. The van der Waals surface area contributed by atoms with Gasteiger partial charge in [-0.05, 0) is 54.8 Å². The molecule has 0 aromatic rings. The highest BCUT2D eigenvalue weighted by atomic mass is 16.1. The van der Waals surface area contributed by atoms with Crippen LogP contribution in [0.15, 0.2) is 0 Å². The molecule has 3 aliphatic rings. The average molecular weight is 234 g/mol. The van der Waals surface area contributed by atoms with Gasteiger partial charge in [0.15, 0.2) is 0 Å². The predicted molar refractivity (Wildman–Crippen MR) is 69.7 cm³/mol. The Kier molecular flexibility index (Phi) is 2.48. The zero-order valence-corrected chi connectivity index (χ0v) is 11.6. The van der Waals surface area contributed by atoms with Crippen LogP contribution in [-0.4, -0.2) is 5.78 Å². The minimum absolute atomic E-state index is 0.415. The summed E-state index contributed by atoms with van der Waals surface area (Å²) in [5.41, 5.74) is 0.907. The lowest BCUT2D eigenvalue weighted by atomic mass is 9.61. The first-order valence-electron chi connectivity index (χ1n) is 7.49. The second kappa shape index (κ2) is 3.59. The van der Waals surface area contributed by atoms with Crippen molar-refractivity contribution < 1.29 is 4.79 Å². The Labute approximate surface area is 105 Å². The van der Waals surface area contributed by atoms with E-state index in [1.165, 1.54) is 32.1 Å². The fraction of sp³-hybridized carbons (Fsp3) is 0.938. The number of carbonyl (C=O) groups is 1. The van der Waals surface area contributed by atoms with Gasteiger partial charge in [-0.25, -0.2) is 0 Å². The molecule has 17 heavy (non-hydrogen) atoms. The molecular formula is C16H26O. The fourth-order valence-electron chi connectivity index (χ4n) is 5.31. The third kappa shape index (κ3) is 1.40. The molecule has 96 valence electrons. The summed E-state index contributed by atoms with van der Waals surface area (Å²) in [4.78, 5) is 12.2. The average Bonchev–Trinajstić information content (AvgIpc) is 2.62. The molecule has 2 bridgehead atoms. The summed E-state index contributed by atoms with van der Waals surface area (Å²) >= 11 is 0. The summed E-state index contributed by atoms with van der Waals surface area (Å²) < 4.78 is 0. The highest BCUT2D eigenvalue weighted by Gasteiger charge is 2.63. The molecule has 3 saturated carbocycles. The summed E-state index contributed by atoms with van der Waals surface area (Å²) in [6.45, 7) is 7.39. The van der Waals surface area contributed by atoms with Crippen LogP contribution in [0.1, 0.15) is 65.7 Å². The van der Waals surface area contributed by atoms with Crippen LogP contribution in [0.4, 0.5) is 0 Å². The maximum absolute atomic E-state index is 12.2. The molecule has 3 aliphatic carbocycles. The van der Waals surface area contributed by atoms with Crippen molar-refractivity contribution in [1.29, 1.82) is 0 Å². The van der Waals surface area contributed by atoms with E-state index in [-0.39, 0.29) is 0 Å². The van der Waals surface area contributed by atoms with Crippen molar-refractivity contribution in [1.82, 2.24) is 0 Å². The van der Waals surface area contributed by atoms with Crippen molar-refractivity contribution in [3.05, 3.63) is 0 Å². The van der Waals surface area contributed by atoms with E-state index in [4.69, 9.17) is 0 Å². The van der Waals surface area contributed by atoms with Gasteiger partial charge in [-0.15, -0.1) is 0 Å². The van der Waals surface area contributed by atoms with Gasteiger partial charge in [0.1, 0.15) is 5.78 Å². The van der Waals surface area contributed by atoms with Crippen LogP contribution in [0.2, 0.25) is 0 Å². The summed E-state index contributed by atoms with van der Waals surface area (Å²) in [5.74, 6) is 2.58. The van der Waals surface area contributed by atoms with Crippen molar-refractivity contribution in [2.45, 2.75) is 65.7 Å². The molecule has 0 saturated heterocycles. The molecule has 3 rings (SSSR count). The SMILES string of the molecule is CC1(C)[C@H]2CC[C@]1(C)[C@H]([C@@H]1CCCCC1=O)C2. The lowest BCUT2D eigenvalue weighted by molar-refractivity contribution is -0.128. The number of hydrogen-bond donors (Lipinski definition) is 0. The van der Waals surface area contributed by atoms with E-state index in [2.05, 4.69) is 20.8 Å². The Hall–Kier alpha value is -0.330. The van der Waals surface area contributed by atoms with Gasteiger partial charge in [0.2, 0.25) is 0 Å². The van der Waals surface area contributed by atoms with Crippen LogP contribution in [0, 0.1) is 28.6 Å². The maximum Gasteiger partial charge on any atom is 0.136 e. The first-order chi connectivity index (χ1) is 7.97. The molecule has 0 aromatic heterocycles. The standard InChI is InChI=1S/C16H26O/c1-15(2)11-8-9-16(15,3)13(10-11)12-6-4-5-7-14(12)17/h11-13H,4-10H2,1-3H3/t11-,12-,13-,16+/m0/s1. The van der Waals surface area contributed by atoms with Crippen LogP contribution < -0.4 is 0 Å². The topological polar surface area (TPSA) is 17.1 Å². The van der Waals surface area contributed by atoms with Crippen molar-refractivity contribution in [2.24, 2.45) is 28.6 Å². The lowest BCUT2D eigenvalue weighted by Gasteiger charge is -2.43. The Morgan fingerprint density at radius 1 is 1.12 bits per heavy atom. The molecule has 0 unspecified atom stereocenters. The first kappa shape index (κ1) is 11.7. The number of ketones is 1. The van der Waals surface area contributed by atoms with Gasteiger partial charge in [0, 0.05) is 12.3 Å². The van der Waals surface area contributed by atoms with E-state index in [0.717, 1.165) is 18.8 Å². The lowest BCUT2D eigenvalue weighted by Crippen LogP contribution is -2.39. The number of Topliss-reactive ketones (excluding diaryl/α,β-unsaturated/α-hetero) is 1. The molecule has 1 nitrogen and oxygen atoms in total. The summed E-state index contributed by atoms with van der Waals surface area (Å²) in [6, 6.07) is 0. The monoisotopic (exact) mass is 234 g/mol. The van der Waals surface area contributed by atoms with Crippen LogP contribution in [0.25, 0.3) is 0 Å². The zero-order valence-electron chi connectivity index (χ0n) is 11.6. The second-order valence-electron chi connectivity index (χ2n) is 7.54. The van der Waals surface area contributed by atoms with Crippen molar-refractivity contribution in [2.75, 3.05) is 0 Å². The van der Waals surface area contributed by atoms with E-state index in [9.17, 15) is 4.79 Å². The molecule has 0 aromatic carbocycles. The normalized spacial score (nSPS) is 48.6. The van der Waals surface area contributed by atoms with Gasteiger partial charge in [-0.3, -0.25) is 4.79 Å². The minimum Gasteiger partial charge on any atom is -0.299 e. The van der Waals surface area contributed by atoms with Crippen molar-refractivity contribution >= 4 is 5.78 Å². The third-order valence-corrected chi connectivity index (χ3v) is 6.95. The molecule has 0 amide bonds. The predicted octanol–water partition coefficient (Wildman–Crippen LogP) is 4.21. The van der Waals surface area contributed by atoms with Crippen LogP contribution in [-0.2, 0) is 4.79 Å². The first-order valence-corrected chi connectivity index (χ1v) is 7.49. The van der Waals surface area contributed by atoms with Gasteiger partial charge < -0.3 is 0 Å². The molecule has 0 spiro atoms. The minimum atomic E-state index is 0.415. The zero-order chi connectivity index (χ0) is 12.3. The number of rotatable bonds is 1. The summed E-state index contributed by atoms with van der Waals surface area (Å²) in [5, 5.41) is 0. The molecule has 0 aliphatic heterocycles. The van der Waals surface area contributed by atoms with Gasteiger partial charge in [0.25, 0.3) is 0 Å². The van der Waals surface area contributed by atoms with E-state index in [1.807, 2.05) is 0 Å². The van der Waals surface area contributed by atoms with E-state index in [1.54, 1.807) is 0 Å². The molecule has 1 heteroatoms. The summed E-state index contributed by atoms with van der Waals surface area (Å²) in [6.07, 6.45) is 8.57. The van der Waals surface area contributed by atoms with E-state index < -0.39 is 0 Å². The third-order valence-electron chi connectivity index (χ3n) is 6.95. The highest BCUT2D eigenvalue weighted by molar-refractivity contribution is 5.82. The molecular weight excluding hydrogens is 208 g/mol. The van der Waals surface area contributed by atoms with Gasteiger partial charge in [-0.2, -0.15) is 0 Å². The molecule has 4 atom stereocenters. The van der Waals surface area contributed by atoms with Crippen molar-refractivity contribution in [3.8, 4) is 0 Å². The highest BCUT2D eigenvalue weighted by Crippen LogP contribution is 2.70. The van der Waals surface area contributed by atoms with Gasteiger partial charge in [0.05, 0.1) is 0 Å². The Morgan fingerprint density at radius 2 is 1.88 bits per heavy atom. The smallest absolute Gasteiger partial charge is 0.136 e. The fourth-order valence-corrected chi connectivity index (χ4v) is 5.31. The molecule has 0 heterocycles. The largest absolute Gasteiger partial charge is 0.299 e. The summed E-state index contributed by atoms with van der Waals surface area (Å²) in [7, 11) is 0. The Bertz CT molecular complexity index is 343.